The zero-order valence-corrected chi connectivity index (χ0v) is 13.2. The Morgan fingerprint density at radius 1 is 1.35 bits per heavy atom. The molecule has 0 saturated heterocycles. The third kappa shape index (κ3) is 4.07. The molecule has 0 saturated carbocycles. The van der Waals surface area contributed by atoms with Crippen molar-refractivity contribution >= 4 is 5.69 Å². The van der Waals surface area contributed by atoms with Gasteiger partial charge in [-0.2, -0.15) is 0 Å². The summed E-state index contributed by atoms with van der Waals surface area (Å²) < 4.78 is 0. The number of nitrogens with zero attached hydrogens (tertiary/aromatic N) is 2. The van der Waals surface area contributed by atoms with Gasteiger partial charge in [-0.05, 0) is 38.8 Å². The number of aryl methyl sites for hydroxylation is 1. The summed E-state index contributed by atoms with van der Waals surface area (Å²) in [4.78, 5) is 6.95. The number of hydrogen-bond donors (Lipinski definition) is 1. The smallest absolute Gasteiger partial charge is 0.0448 e. The van der Waals surface area contributed by atoms with Crippen LogP contribution >= 0.6 is 0 Å². The van der Waals surface area contributed by atoms with E-state index in [0.717, 1.165) is 38.3 Å². The third-order valence-corrected chi connectivity index (χ3v) is 3.64. The molecule has 0 aliphatic carbocycles. The summed E-state index contributed by atoms with van der Waals surface area (Å²) >= 11 is 0. The molecule has 1 N–H and O–H groups in total. The predicted octanol–water partition coefficient (Wildman–Crippen LogP) is 3.29. The van der Waals surface area contributed by atoms with Crippen molar-refractivity contribution in [1.29, 1.82) is 0 Å². The lowest BCUT2D eigenvalue weighted by molar-refractivity contribution is 0.551. The predicted molar refractivity (Wildman–Crippen MR) is 86.1 cm³/mol. The van der Waals surface area contributed by atoms with Crippen LogP contribution in [0.1, 0.15) is 38.4 Å². The highest BCUT2D eigenvalue weighted by Crippen LogP contribution is 2.24. The van der Waals surface area contributed by atoms with Crippen LogP contribution in [0.4, 0.5) is 5.69 Å². The molecule has 0 fully saturated rings. The maximum Gasteiger partial charge on any atom is 0.0448 e. The highest BCUT2D eigenvalue weighted by Gasteiger charge is 2.15. The highest BCUT2D eigenvalue weighted by molar-refractivity contribution is 5.55. The van der Waals surface area contributed by atoms with Gasteiger partial charge in [0, 0.05) is 42.8 Å². The van der Waals surface area contributed by atoms with Crippen molar-refractivity contribution in [3.8, 4) is 0 Å². The topological polar surface area (TPSA) is 28.2 Å². The van der Waals surface area contributed by atoms with Gasteiger partial charge >= 0.3 is 0 Å². The zero-order valence-electron chi connectivity index (χ0n) is 13.2. The molecule has 0 amide bonds. The molecule has 1 aromatic rings. The lowest BCUT2D eigenvalue weighted by Crippen LogP contribution is -2.31. The Hall–Kier alpha value is -1.35. The quantitative estimate of drug-likeness (QED) is 0.834. The van der Waals surface area contributed by atoms with Gasteiger partial charge in [0.15, 0.2) is 0 Å². The molecular formula is C17H27N3. The second kappa shape index (κ2) is 6.89. The van der Waals surface area contributed by atoms with Crippen molar-refractivity contribution in [3.63, 3.8) is 0 Å². The molecule has 0 bridgehead atoms. The number of rotatable bonds is 5. The van der Waals surface area contributed by atoms with Crippen molar-refractivity contribution < 1.29 is 0 Å². The first-order valence-electron chi connectivity index (χ1n) is 7.63. The Morgan fingerprint density at radius 2 is 2.15 bits per heavy atom. The Bertz CT molecular complexity index is 477. The molecule has 3 heteroatoms. The maximum absolute atomic E-state index is 4.47. The van der Waals surface area contributed by atoms with Crippen LogP contribution in [0, 0.1) is 12.8 Å². The molecular weight excluding hydrogens is 246 g/mol. The van der Waals surface area contributed by atoms with Gasteiger partial charge in [-0.1, -0.05) is 25.5 Å². The molecule has 0 aromatic carbocycles. The Balaban J connectivity index is 2.13. The molecule has 3 nitrogen and oxygen atoms in total. The zero-order chi connectivity index (χ0) is 14.5. The number of pyridine rings is 1. The summed E-state index contributed by atoms with van der Waals surface area (Å²) in [7, 11) is 0. The minimum absolute atomic E-state index is 0.678. The van der Waals surface area contributed by atoms with Gasteiger partial charge in [0.2, 0.25) is 0 Å². The van der Waals surface area contributed by atoms with Crippen molar-refractivity contribution in [3.05, 3.63) is 35.2 Å². The van der Waals surface area contributed by atoms with Crippen LogP contribution in [0.15, 0.2) is 23.9 Å². The average molecular weight is 273 g/mol. The van der Waals surface area contributed by atoms with E-state index in [4.69, 9.17) is 0 Å². The van der Waals surface area contributed by atoms with E-state index in [9.17, 15) is 0 Å². The third-order valence-electron chi connectivity index (χ3n) is 3.64. The maximum atomic E-state index is 4.47. The van der Waals surface area contributed by atoms with Gasteiger partial charge in [-0.15, -0.1) is 0 Å². The Labute approximate surface area is 123 Å². The SMILES string of the molecule is CC1=CCCN(c2cc(C)ncc2CNCC(C)C)C1. The number of hydrogen-bond acceptors (Lipinski definition) is 3. The Morgan fingerprint density at radius 3 is 2.85 bits per heavy atom. The van der Waals surface area contributed by atoms with Crippen molar-refractivity contribution in [1.82, 2.24) is 10.3 Å². The fraction of sp³-hybridized carbons (Fsp3) is 0.588. The summed E-state index contributed by atoms with van der Waals surface area (Å²) in [6.45, 7) is 12.9. The first-order valence-corrected chi connectivity index (χ1v) is 7.63. The molecule has 2 rings (SSSR count). The van der Waals surface area contributed by atoms with Crippen molar-refractivity contribution in [2.75, 3.05) is 24.5 Å². The summed E-state index contributed by atoms with van der Waals surface area (Å²) in [6.07, 6.45) is 5.53. The molecule has 0 spiro atoms. The van der Waals surface area contributed by atoms with Crippen LogP contribution < -0.4 is 10.2 Å². The van der Waals surface area contributed by atoms with E-state index in [1.807, 2.05) is 6.20 Å². The molecule has 1 aromatic heterocycles. The van der Waals surface area contributed by atoms with Crippen LogP contribution in [0.2, 0.25) is 0 Å². The number of anilines is 1. The summed E-state index contributed by atoms with van der Waals surface area (Å²) in [6, 6.07) is 2.23. The lowest BCUT2D eigenvalue weighted by atomic mass is 10.1. The van der Waals surface area contributed by atoms with Crippen molar-refractivity contribution in [2.24, 2.45) is 5.92 Å². The lowest BCUT2D eigenvalue weighted by Gasteiger charge is -2.30. The van der Waals surface area contributed by atoms with E-state index in [1.54, 1.807) is 0 Å². The summed E-state index contributed by atoms with van der Waals surface area (Å²) in [5, 5.41) is 3.53. The van der Waals surface area contributed by atoms with Gasteiger partial charge in [-0.25, -0.2) is 0 Å². The number of nitrogens with one attached hydrogen (secondary N) is 1. The van der Waals surface area contributed by atoms with E-state index < -0.39 is 0 Å². The second-order valence-corrected chi connectivity index (χ2v) is 6.24. The minimum atomic E-state index is 0.678. The van der Waals surface area contributed by atoms with E-state index >= 15 is 0 Å². The minimum Gasteiger partial charge on any atom is -0.367 e. The van der Waals surface area contributed by atoms with Gasteiger partial charge in [0.25, 0.3) is 0 Å². The molecule has 1 aliphatic rings. The van der Waals surface area contributed by atoms with Crippen molar-refractivity contribution in [2.45, 2.75) is 40.7 Å². The van der Waals surface area contributed by atoms with Gasteiger partial charge in [0.1, 0.15) is 0 Å². The number of aromatic nitrogens is 1. The van der Waals surface area contributed by atoms with E-state index in [0.29, 0.717) is 5.92 Å². The molecule has 110 valence electrons. The standard InChI is InChI=1S/C17H27N3/c1-13(2)9-18-10-16-11-19-15(4)8-17(16)20-7-5-6-14(3)12-20/h6,8,11,13,18H,5,7,9-10,12H2,1-4H3. The fourth-order valence-corrected chi connectivity index (χ4v) is 2.62. The van der Waals surface area contributed by atoms with E-state index in [2.05, 4.69) is 55.0 Å². The molecule has 0 unspecified atom stereocenters. The molecule has 0 radical (unpaired) electrons. The first kappa shape index (κ1) is 15.0. The van der Waals surface area contributed by atoms with Crippen LogP contribution in [0.3, 0.4) is 0 Å². The van der Waals surface area contributed by atoms with E-state index in [1.165, 1.54) is 16.8 Å². The average Bonchev–Trinajstić information content (AvgIpc) is 2.40. The fourth-order valence-electron chi connectivity index (χ4n) is 2.62. The summed E-state index contributed by atoms with van der Waals surface area (Å²) in [5.74, 6) is 0.678. The monoisotopic (exact) mass is 273 g/mol. The Kier molecular flexibility index (Phi) is 5.18. The second-order valence-electron chi connectivity index (χ2n) is 6.24. The normalized spacial score (nSPS) is 15.7. The van der Waals surface area contributed by atoms with E-state index in [-0.39, 0.29) is 0 Å². The summed E-state index contributed by atoms with van der Waals surface area (Å²) in [5.41, 5.74) is 5.22. The van der Waals surface area contributed by atoms with Crippen LogP contribution in [0.5, 0.6) is 0 Å². The largest absolute Gasteiger partial charge is 0.367 e. The van der Waals surface area contributed by atoms with Gasteiger partial charge in [-0.3, -0.25) is 4.98 Å². The molecule has 2 heterocycles. The molecule has 1 aliphatic heterocycles. The molecule has 0 atom stereocenters. The first-order chi connectivity index (χ1) is 9.56. The van der Waals surface area contributed by atoms with Gasteiger partial charge < -0.3 is 10.2 Å². The van der Waals surface area contributed by atoms with Crippen LogP contribution in [-0.2, 0) is 6.54 Å². The molecule has 20 heavy (non-hydrogen) atoms. The van der Waals surface area contributed by atoms with Gasteiger partial charge in [0.05, 0.1) is 0 Å². The van der Waals surface area contributed by atoms with Crippen LogP contribution in [-0.4, -0.2) is 24.6 Å². The van der Waals surface area contributed by atoms with Crippen LogP contribution in [0.25, 0.3) is 0 Å². The highest BCUT2D eigenvalue weighted by atomic mass is 15.1.